The van der Waals surface area contributed by atoms with Crippen LogP contribution in [0.2, 0.25) is 0 Å². The van der Waals surface area contributed by atoms with Crippen LogP contribution in [-0.4, -0.2) is 175 Å². The summed E-state index contributed by atoms with van der Waals surface area (Å²) < 4.78 is 205. The van der Waals surface area contributed by atoms with E-state index in [0.29, 0.717) is 0 Å². The van der Waals surface area contributed by atoms with Crippen molar-refractivity contribution in [3.8, 4) is 0 Å². The van der Waals surface area contributed by atoms with Gasteiger partial charge in [0.2, 0.25) is 0 Å². The Morgan fingerprint density at radius 2 is 0.206 bits per heavy atom. The zero-order valence-electron chi connectivity index (χ0n) is 14.6. The van der Waals surface area contributed by atoms with Crippen LogP contribution in [-0.2, 0) is 62.4 Å². The third-order valence-corrected chi connectivity index (χ3v) is 0. The quantitative estimate of drug-likeness (QED) is 0.130. The summed E-state index contributed by atoms with van der Waals surface area (Å²) in [5.41, 5.74) is 0. The molecule has 0 N–H and O–H groups in total. The molecule has 0 aliphatic rings. The second-order valence-electron chi connectivity index (χ2n) is 2.45. The molecule has 0 saturated carbocycles. The Balaban J connectivity index is -0.0000000248. The van der Waals surface area contributed by atoms with Crippen molar-refractivity contribution in [2.75, 3.05) is 0 Å². The minimum Gasteiger partial charge on any atom is -0.759 e. The fraction of sp³-hybridized carbons (Fsp3) is 0. The summed E-state index contributed by atoms with van der Waals surface area (Å²) in [6, 6.07) is 0. The SMILES string of the molecule is O=S(=O)([O-])[O-].O=S(=O)([O-])[O-].O=S(=O)([O-])[O-].O=S(=O)([O-])[O-].O=S(=O)([O-])[O-].O=S(=O)([O-])[O-].[Al+3].[Al+3].[Al+3].[Al+3]. The maximum absolute atomic E-state index is 8.52. The Hall–Kier alpha value is 1.35. The number of hydrogen-bond donors (Lipinski definition) is 0. The van der Waals surface area contributed by atoms with Crippen LogP contribution in [0, 0.1) is 0 Å². The van der Waals surface area contributed by atoms with Crippen molar-refractivity contribution < 1.29 is 105 Å². The Kier molecular flexibility index (Phi) is 52.3. The molecule has 34 heavy (non-hydrogen) atoms. The fourth-order valence-electron chi connectivity index (χ4n) is 0. The van der Waals surface area contributed by atoms with Crippen molar-refractivity contribution in [1.82, 2.24) is 0 Å². The molecular weight excluding hydrogens is 684 g/mol. The normalized spacial score (nSPS) is 10.2. The van der Waals surface area contributed by atoms with Crippen molar-refractivity contribution in [2.24, 2.45) is 0 Å². The Labute approximate surface area is 235 Å². The van der Waals surface area contributed by atoms with Gasteiger partial charge in [0, 0.05) is 62.4 Å². The van der Waals surface area contributed by atoms with E-state index >= 15 is 0 Å². The van der Waals surface area contributed by atoms with Gasteiger partial charge in [-0.1, -0.05) is 0 Å². The summed E-state index contributed by atoms with van der Waals surface area (Å²) in [5, 5.41) is 0. The van der Waals surface area contributed by atoms with Gasteiger partial charge in [-0.25, -0.2) is 0 Å². The minimum atomic E-state index is -5.17. The molecule has 0 amide bonds. The standard InChI is InChI=1S/4Al.6H2O4S/c;;;;6*1-5(2,3)4/h;;;;6*(H2,1,2,3,4)/q4*+3;;;;;;/p-12. The van der Waals surface area contributed by atoms with Crippen LogP contribution in [0.15, 0.2) is 0 Å². The van der Waals surface area contributed by atoms with Gasteiger partial charge < -0.3 is 54.6 Å². The molecule has 34 heteroatoms. The van der Waals surface area contributed by atoms with Gasteiger partial charge in [-0.05, 0) is 0 Å². The Morgan fingerprint density at radius 1 is 0.206 bits per heavy atom. The molecule has 0 aromatic carbocycles. The molecule has 0 atom stereocenters. The van der Waals surface area contributed by atoms with Gasteiger partial charge in [-0.15, -0.1) is 0 Å². The van der Waals surface area contributed by atoms with Gasteiger partial charge in [0.15, 0.2) is 0 Å². The predicted octanol–water partition coefficient (Wildman–Crippen LogP) is -9.55. The summed E-state index contributed by atoms with van der Waals surface area (Å²) in [6.07, 6.45) is 0. The zero-order valence-corrected chi connectivity index (χ0v) is 24.1. The zero-order chi connectivity index (χ0) is 27.0. The van der Waals surface area contributed by atoms with E-state index in [4.69, 9.17) is 105 Å². The fourth-order valence-corrected chi connectivity index (χ4v) is 0. The topological polar surface area (TPSA) is 482 Å². The first kappa shape index (κ1) is 64.9. The molecular formula is Al4O24S6. The van der Waals surface area contributed by atoms with Gasteiger partial charge in [0.25, 0.3) is 0 Å². The van der Waals surface area contributed by atoms with Crippen molar-refractivity contribution in [1.29, 1.82) is 0 Å². The van der Waals surface area contributed by atoms with Crippen LogP contribution in [0.4, 0.5) is 0 Å². The van der Waals surface area contributed by atoms with E-state index in [-0.39, 0.29) is 69.4 Å². The summed E-state index contributed by atoms with van der Waals surface area (Å²) in [5.74, 6) is 0. The van der Waals surface area contributed by atoms with Crippen molar-refractivity contribution >= 4 is 132 Å². The maximum Gasteiger partial charge on any atom is 3.00 e. The summed E-state index contributed by atoms with van der Waals surface area (Å²) in [4.78, 5) is 0. The first-order valence-corrected chi connectivity index (χ1v) is 12.0. The monoisotopic (exact) mass is 684 g/mol. The third kappa shape index (κ3) is 19200. The molecule has 0 unspecified atom stereocenters. The van der Waals surface area contributed by atoms with E-state index < -0.39 is 62.4 Å². The molecule has 0 aromatic rings. The van der Waals surface area contributed by atoms with Crippen molar-refractivity contribution in [2.45, 2.75) is 0 Å². The Morgan fingerprint density at radius 3 is 0.206 bits per heavy atom. The summed E-state index contributed by atoms with van der Waals surface area (Å²) in [6.45, 7) is 0. The third-order valence-electron chi connectivity index (χ3n) is 0. The molecule has 0 radical (unpaired) electrons. The second kappa shape index (κ2) is 27.4. The van der Waals surface area contributed by atoms with Crippen LogP contribution in [0.25, 0.3) is 0 Å². The van der Waals surface area contributed by atoms with Crippen molar-refractivity contribution in [3.63, 3.8) is 0 Å². The summed E-state index contributed by atoms with van der Waals surface area (Å²) >= 11 is 0. The number of hydrogen-bond acceptors (Lipinski definition) is 24. The number of rotatable bonds is 0. The van der Waals surface area contributed by atoms with E-state index in [0.717, 1.165) is 0 Å². The summed E-state index contributed by atoms with van der Waals surface area (Å²) in [7, 11) is -31.0. The molecule has 192 valence electrons. The largest absolute Gasteiger partial charge is 3.00 e. The van der Waals surface area contributed by atoms with Crippen LogP contribution in [0.1, 0.15) is 0 Å². The van der Waals surface area contributed by atoms with E-state index in [2.05, 4.69) is 0 Å². The average molecular weight is 684 g/mol. The van der Waals surface area contributed by atoms with Gasteiger partial charge in [-0.2, -0.15) is 0 Å². The second-order valence-corrected chi connectivity index (χ2v) is 7.35. The smallest absolute Gasteiger partial charge is 0.759 e. The van der Waals surface area contributed by atoms with Gasteiger partial charge in [0.1, 0.15) is 0 Å². The Bertz CT molecular complexity index is 771. The molecule has 0 spiro atoms. The van der Waals surface area contributed by atoms with Crippen LogP contribution in [0.5, 0.6) is 0 Å². The van der Waals surface area contributed by atoms with Crippen molar-refractivity contribution in [3.05, 3.63) is 0 Å². The molecule has 0 fully saturated rings. The van der Waals surface area contributed by atoms with Gasteiger partial charge in [-0.3, -0.25) is 50.5 Å². The predicted molar refractivity (Wildman–Crippen MR) is 85.9 cm³/mol. The maximum atomic E-state index is 8.52. The average Bonchev–Trinajstić information content (AvgIpc) is 1.94. The van der Waals surface area contributed by atoms with Gasteiger partial charge in [0.05, 0.1) is 0 Å². The first-order chi connectivity index (χ1) is 12.0. The van der Waals surface area contributed by atoms with E-state index in [1.54, 1.807) is 0 Å². The molecule has 24 nitrogen and oxygen atoms in total. The molecule has 0 saturated heterocycles. The van der Waals surface area contributed by atoms with Crippen LogP contribution < -0.4 is 0 Å². The molecule has 0 aliphatic heterocycles. The molecule has 0 aromatic heterocycles. The molecule has 0 heterocycles. The molecule has 0 bridgehead atoms. The molecule has 0 aliphatic carbocycles. The van der Waals surface area contributed by atoms with Gasteiger partial charge >= 0.3 is 69.4 Å². The van der Waals surface area contributed by atoms with Crippen LogP contribution >= 0.6 is 0 Å². The van der Waals surface area contributed by atoms with E-state index in [1.165, 1.54) is 0 Å². The van der Waals surface area contributed by atoms with Crippen LogP contribution in [0.3, 0.4) is 0 Å². The van der Waals surface area contributed by atoms with E-state index in [1.807, 2.05) is 0 Å². The molecule has 0 rings (SSSR count). The minimum absolute atomic E-state index is 0. The van der Waals surface area contributed by atoms with E-state index in [9.17, 15) is 0 Å². The first-order valence-electron chi connectivity index (χ1n) is 4.00.